The fourth-order valence-electron chi connectivity index (χ4n) is 2.82. The van der Waals surface area contributed by atoms with Crippen molar-refractivity contribution in [2.45, 2.75) is 12.5 Å². The van der Waals surface area contributed by atoms with Crippen LogP contribution >= 0.6 is 11.6 Å². The van der Waals surface area contributed by atoms with E-state index in [0.29, 0.717) is 17.1 Å². The first-order valence-corrected chi connectivity index (χ1v) is 9.42. The van der Waals surface area contributed by atoms with Gasteiger partial charge in [0.25, 0.3) is 0 Å². The fraction of sp³-hybridized carbons (Fsp3) is 0.0909. The van der Waals surface area contributed by atoms with Gasteiger partial charge in [-0.25, -0.2) is 9.18 Å². The highest BCUT2D eigenvalue weighted by atomic mass is 35.5. The summed E-state index contributed by atoms with van der Waals surface area (Å²) in [5.74, 6) is 0.243. The zero-order valence-electron chi connectivity index (χ0n) is 15.8. The molecule has 0 aromatic heterocycles. The van der Waals surface area contributed by atoms with Crippen LogP contribution in [0.5, 0.6) is 11.5 Å². The molecule has 0 aliphatic carbocycles. The van der Waals surface area contributed by atoms with Crippen molar-refractivity contribution < 1.29 is 18.7 Å². The topological polar surface area (TPSA) is 93.5 Å². The van der Waals surface area contributed by atoms with Gasteiger partial charge >= 0.3 is 6.03 Å². The lowest BCUT2D eigenvalue weighted by Crippen LogP contribution is -2.35. The summed E-state index contributed by atoms with van der Waals surface area (Å²) in [7, 11) is 0. The molecule has 0 spiro atoms. The van der Waals surface area contributed by atoms with E-state index >= 15 is 0 Å². The summed E-state index contributed by atoms with van der Waals surface area (Å²) >= 11 is 5.95. The van der Waals surface area contributed by atoms with Gasteiger partial charge in [0.1, 0.15) is 17.3 Å². The Bertz CT molecular complexity index is 1050. The standard InChI is InChI=1S/C22H19ClFN3O3/c23-18-12-15(24)9-10-19(18)26-21(28)13-20(27-22(25)29)14-5-4-8-17(11-14)30-16-6-2-1-3-7-16/h1-12,20H,13H2,(H,26,28)(H3,25,27,29)/t20-/m1/s1. The monoisotopic (exact) mass is 427 g/mol. The summed E-state index contributed by atoms with van der Waals surface area (Å²) in [5, 5.41) is 5.23. The molecule has 154 valence electrons. The molecular weight excluding hydrogens is 409 g/mol. The number of primary amides is 1. The Kier molecular flexibility index (Phi) is 6.87. The molecule has 1 atom stereocenters. The van der Waals surface area contributed by atoms with Crippen LogP contribution in [0.1, 0.15) is 18.0 Å². The van der Waals surface area contributed by atoms with Crippen molar-refractivity contribution in [3.8, 4) is 11.5 Å². The minimum absolute atomic E-state index is 0.0704. The number of rotatable bonds is 7. The van der Waals surface area contributed by atoms with E-state index < -0.39 is 23.8 Å². The molecular formula is C22H19ClFN3O3. The van der Waals surface area contributed by atoms with E-state index in [-0.39, 0.29) is 17.1 Å². The lowest BCUT2D eigenvalue weighted by molar-refractivity contribution is -0.116. The van der Waals surface area contributed by atoms with Gasteiger partial charge in [-0.15, -0.1) is 0 Å². The number of para-hydroxylation sites is 1. The second-order valence-electron chi connectivity index (χ2n) is 6.43. The second-order valence-corrected chi connectivity index (χ2v) is 6.83. The molecule has 0 saturated carbocycles. The number of urea groups is 1. The summed E-state index contributed by atoms with van der Waals surface area (Å²) in [6.45, 7) is 0. The molecule has 6 nitrogen and oxygen atoms in total. The first-order chi connectivity index (χ1) is 14.4. The van der Waals surface area contributed by atoms with Gasteiger partial charge in [0, 0.05) is 0 Å². The third-order valence-corrected chi connectivity index (χ3v) is 4.46. The first-order valence-electron chi connectivity index (χ1n) is 9.04. The maximum Gasteiger partial charge on any atom is 0.312 e. The van der Waals surface area contributed by atoms with Crippen molar-refractivity contribution in [2.75, 3.05) is 5.32 Å². The number of anilines is 1. The molecule has 3 aromatic rings. The summed E-state index contributed by atoms with van der Waals surface area (Å²) in [4.78, 5) is 24.0. The minimum Gasteiger partial charge on any atom is -0.457 e. The highest BCUT2D eigenvalue weighted by molar-refractivity contribution is 6.33. The van der Waals surface area contributed by atoms with Crippen LogP contribution < -0.4 is 21.1 Å². The van der Waals surface area contributed by atoms with Crippen molar-refractivity contribution in [2.24, 2.45) is 5.73 Å². The molecule has 0 unspecified atom stereocenters. The zero-order valence-corrected chi connectivity index (χ0v) is 16.5. The van der Waals surface area contributed by atoms with Crippen molar-refractivity contribution in [3.63, 3.8) is 0 Å². The van der Waals surface area contributed by atoms with Gasteiger partial charge in [0.05, 0.1) is 23.2 Å². The number of carbonyl (C=O) groups is 2. The Labute approximate surface area is 177 Å². The second kappa shape index (κ2) is 9.76. The predicted octanol–water partition coefficient (Wildman–Crippen LogP) is 5.01. The number of hydrogen-bond acceptors (Lipinski definition) is 3. The highest BCUT2D eigenvalue weighted by Gasteiger charge is 2.19. The molecule has 3 amide bonds. The normalized spacial score (nSPS) is 11.4. The molecule has 8 heteroatoms. The van der Waals surface area contributed by atoms with E-state index in [4.69, 9.17) is 22.1 Å². The fourth-order valence-corrected chi connectivity index (χ4v) is 3.04. The third kappa shape index (κ3) is 5.96. The number of carbonyl (C=O) groups excluding carboxylic acids is 2. The van der Waals surface area contributed by atoms with E-state index in [1.54, 1.807) is 24.3 Å². The number of benzene rings is 3. The Balaban J connectivity index is 1.76. The Morgan fingerprint density at radius 1 is 1.00 bits per heavy atom. The van der Waals surface area contributed by atoms with E-state index in [9.17, 15) is 14.0 Å². The van der Waals surface area contributed by atoms with Crippen LogP contribution in [0.4, 0.5) is 14.9 Å². The Morgan fingerprint density at radius 2 is 1.73 bits per heavy atom. The van der Waals surface area contributed by atoms with Gasteiger partial charge in [-0.05, 0) is 48.0 Å². The van der Waals surface area contributed by atoms with E-state index in [0.717, 1.165) is 6.07 Å². The third-order valence-electron chi connectivity index (χ3n) is 4.15. The highest BCUT2D eigenvalue weighted by Crippen LogP contribution is 2.27. The lowest BCUT2D eigenvalue weighted by Gasteiger charge is -2.19. The van der Waals surface area contributed by atoms with E-state index in [1.165, 1.54) is 12.1 Å². The zero-order chi connectivity index (χ0) is 21.5. The maximum absolute atomic E-state index is 13.2. The lowest BCUT2D eigenvalue weighted by atomic mass is 10.0. The van der Waals surface area contributed by atoms with Gasteiger partial charge < -0.3 is 21.1 Å². The van der Waals surface area contributed by atoms with Gasteiger partial charge in [0.2, 0.25) is 5.91 Å². The van der Waals surface area contributed by atoms with Crippen LogP contribution in [0, 0.1) is 5.82 Å². The van der Waals surface area contributed by atoms with Crippen LogP contribution in [-0.2, 0) is 4.79 Å². The van der Waals surface area contributed by atoms with Crippen molar-refractivity contribution in [3.05, 3.63) is 89.2 Å². The molecule has 3 aromatic carbocycles. The number of nitrogens with two attached hydrogens (primary N) is 1. The maximum atomic E-state index is 13.2. The number of ether oxygens (including phenoxy) is 1. The number of hydrogen-bond donors (Lipinski definition) is 3. The first kappa shape index (κ1) is 21.1. The van der Waals surface area contributed by atoms with Gasteiger partial charge in [-0.2, -0.15) is 0 Å². The van der Waals surface area contributed by atoms with Crippen LogP contribution in [0.25, 0.3) is 0 Å². The SMILES string of the molecule is NC(=O)N[C@H](CC(=O)Nc1ccc(F)cc1Cl)c1cccc(Oc2ccccc2)c1. The van der Waals surface area contributed by atoms with Gasteiger partial charge in [-0.1, -0.05) is 41.9 Å². The smallest absolute Gasteiger partial charge is 0.312 e. The summed E-state index contributed by atoms with van der Waals surface area (Å²) in [6, 6.07) is 18.3. The van der Waals surface area contributed by atoms with Crippen LogP contribution in [0.2, 0.25) is 5.02 Å². The quantitative estimate of drug-likeness (QED) is 0.494. The summed E-state index contributed by atoms with van der Waals surface area (Å²) in [6.07, 6.45) is -0.120. The number of nitrogens with one attached hydrogen (secondary N) is 2. The van der Waals surface area contributed by atoms with E-state index in [1.807, 2.05) is 30.3 Å². The number of amides is 3. The van der Waals surface area contributed by atoms with Crippen LogP contribution in [-0.4, -0.2) is 11.9 Å². The predicted molar refractivity (Wildman–Crippen MR) is 113 cm³/mol. The van der Waals surface area contributed by atoms with Crippen LogP contribution in [0.3, 0.4) is 0 Å². The molecule has 4 N–H and O–H groups in total. The molecule has 0 radical (unpaired) electrons. The molecule has 0 bridgehead atoms. The van der Waals surface area contributed by atoms with Crippen LogP contribution in [0.15, 0.2) is 72.8 Å². The van der Waals surface area contributed by atoms with Gasteiger partial charge in [0.15, 0.2) is 0 Å². The van der Waals surface area contributed by atoms with Crippen molar-refractivity contribution in [1.29, 1.82) is 0 Å². The molecule has 0 aliphatic rings. The van der Waals surface area contributed by atoms with Gasteiger partial charge in [-0.3, -0.25) is 4.79 Å². The average molecular weight is 428 g/mol. The molecule has 0 saturated heterocycles. The van der Waals surface area contributed by atoms with Crippen molar-refractivity contribution in [1.82, 2.24) is 5.32 Å². The van der Waals surface area contributed by atoms with E-state index in [2.05, 4.69) is 10.6 Å². The molecule has 0 fully saturated rings. The largest absolute Gasteiger partial charge is 0.457 e. The summed E-state index contributed by atoms with van der Waals surface area (Å²) in [5.41, 5.74) is 6.18. The molecule has 30 heavy (non-hydrogen) atoms. The molecule has 3 rings (SSSR count). The Morgan fingerprint density at radius 3 is 2.43 bits per heavy atom. The minimum atomic E-state index is -0.776. The van der Waals surface area contributed by atoms with Crippen molar-refractivity contribution >= 4 is 29.2 Å². The number of halogens is 2. The Hall–Kier alpha value is -3.58. The molecule has 0 aliphatic heterocycles. The average Bonchev–Trinajstić information content (AvgIpc) is 2.70. The molecule has 0 heterocycles. The summed E-state index contributed by atoms with van der Waals surface area (Å²) < 4.78 is 19.0.